The van der Waals surface area contributed by atoms with Crippen molar-refractivity contribution >= 4 is 5.91 Å². The van der Waals surface area contributed by atoms with Crippen LogP contribution < -0.4 is 11.1 Å². The van der Waals surface area contributed by atoms with Crippen LogP contribution >= 0.6 is 0 Å². The molecule has 0 atom stereocenters. The molecule has 0 aromatic rings. The number of unbranched alkanes of at least 4 members (excludes halogenated alkanes) is 11. The van der Waals surface area contributed by atoms with Gasteiger partial charge in [0.15, 0.2) is 0 Å². The van der Waals surface area contributed by atoms with E-state index in [0.29, 0.717) is 6.42 Å². The Bertz CT molecular complexity index is 311. The first-order chi connectivity index (χ1) is 11.3. The highest BCUT2D eigenvalue weighted by atomic mass is 16.1. The zero-order valence-corrected chi connectivity index (χ0v) is 15.2. The van der Waals surface area contributed by atoms with Gasteiger partial charge in [0.25, 0.3) is 0 Å². The summed E-state index contributed by atoms with van der Waals surface area (Å²) in [7, 11) is 0. The Kier molecular flexibility index (Phi) is 17.8. The average molecular weight is 323 g/mol. The second kappa shape index (κ2) is 18.8. The van der Waals surface area contributed by atoms with Crippen molar-refractivity contribution in [3.8, 4) is 0 Å². The topological polar surface area (TPSA) is 55.1 Å². The molecule has 134 valence electrons. The zero-order valence-electron chi connectivity index (χ0n) is 15.2. The lowest BCUT2D eigenvalue weighted by Crippen LogP contribution is -2.16. The van der Waals surface area contributed by atoms with Crippen LogP contribution in [0.5, 0.6) is 0 Å². The molecule has 0 spiro atoms. The number of hydrogen-bond acceptors (Lipinski definition) is 2. The fourth-order valence-corrected chi connectivity index (χ4v) is 2.57. The summed E-state index contributed by atoms with van der Waals surface area (Å²) in [4.78, 5) is 11.3. The van der Waals surface area contributed by atoms with Crippen molar-refractivity contribution in [2.45, 2.75) is 96.8 Å². The quantitative estimate of drug-likeness (QED) is 0.288. The van der Waals surface area contributed by atoms with Gasteiger partial charge in [-0.05, 0) is 32.1 Å². The highest BCUT2D eigenvalue weighted by Crippen LogP contribution is 2.09. The maximum Gasteiger partial charge on any atom is 0.223 e. The lowest BCUT2D eigenvalue weighted by Gasteiger charge is -2.01. The summed E-state index contributed by atoms with van der Waals surface area (Å²) in [6, 6.07) is 0. The number of hydrogen-bond donors (Lipinski definition) is 2. The smallest absolute Gasteiger partial charge is 0.223 e. The van der Waals surface area contributed by atoms with E-state index in [1.807, 2.05) is 0 Å². The summed E-state index contributed by atoms with van der Waals surface area (Å²) < 4.78 is 0. The van der Waals surface area contributed by atoms with Gasteiger partial charge in [-0.25, -0.2) is 0 Å². The largest absolute Gasteiger partial charge is 0.403 e. The summed E-state index contributed by atoms with van der Waals surface area (Å²) in [5.74, 6) is 0.0596. The van der Waals surface area contributed by atoms with E-state index in [0.717, 1.165) is 12.8 Å². The Labute approximate surface area is 143 Å². The van der Waals surface area contributed by atoms with Crippen molar-refractivity contribution in [2.24, 2.45) is 5.73 Å². The number of amides is 1. The van der Waals surface area contributed by atoms with E-state index in [1.54, 1.807) is 0 Å². The predicted octanol–water partition coefficient (Wildman–Crippen LogP) is 5.57. The first kappa shape index (κ1) is 21.8. The maximum absolute atomic E-state index is 11.3. The summed E-state index contributed by atoms with van der Waals surface area (Å²) in [6.07, 6.45) is 24.7. The molecule has 0 aromatic heterocycles. The van der Waals surface area contributed by atoms with Crippen molar-refractivity contribution in [1.29, 1.82) is 0 Å². The summed E-state index contributed by atoms with van der Waals surface area (Å²) in [6.45, 7) is 2.26. The number of nitrogens with one attached hydrogen (secondary N) is 1. The maximum atomic E-state index is 11.3. The van der Waals surface area contributed by atoms with E-state index in [2.05, 4.69) is 24.4 Å². The molecule has 0 rings (SSSR count). The standard InChI is InChI=1S/C20H38N2O/c1-2-3-4-5-6-7-8-9-10-11-12-13-14-15-16-17-20(23)22-19-18-21/h9-10,18-19H,2-8,11-17,21H2,1H3,(H,22,23)/b10-9-,19-18-. The summed E-state index contributed by atoms with van der Waals surface area (Å²) in [5.41, 5.74) is 5.16. The van der Waals surface area contributed by atoms with Crippen molar-refractivity contribution in [3.05, 3.63) is 24.6 Å². The Balaban J connectivity index is 3.17. The number of carbonyl (C=O) groups is 1. The molecule has 0 bridgehead atoms. The Morgan fingerprint density at radius 1 is 0.826 bits per heavy atom. The predicted molar refractivity (Wildman–Crippen MR) is 101 cm³/mol. The number of carbonyl (C=O) groups excluding carboxylic acids is 1. The van der Waals surface area contributed by atoms with Crippen molar-refractivity contribution in [1.82, 2.24) is 5.32 Å². The van der Waals surface area contributed by atoms with Gasteiger partial charge in [-0.2, -0.15) is 0 Å². The van der Waals surface area contributed by atoms with Gasteiger partial charge >= 0.3 is 0 Å². The molecule has 23 heavy (non-hydrogen) atoms. The van der Waals surface area contributed by atoms with Gasteiger partial charge in [0.2, 0.25) is 5.91 Å². The molecule has 0 aromatic carbocycles. The van der Waals surface area contributed by atoms with E-state index >= 15 is 0 Å². The second-order valence-corrected chi connectivity index (χ2v) is 6.26. The van der Waals surface area contributed by atoms with Crippen LogP contribution in [0.1, 0.15) is 96.8 Å². The molecule has 1 amide bonds. The fraction of sp³-hybridized carbons (Fsp3) is 0.750. The van der Waals surface area contributed by atoms with Gasteiger partial charge in [-0.15, -0.1) is 0 Å². The van der Waals surface area contributed by atoms with Crippen LogP contribution in [0.15, 0.2) is 24.6 Å². The molecule has 0 heterocycles. The van der Waals surface area contributed by atoms with Gasteiger partial charge in [0, 0.05) is 18.8 Å². The highest BCUT2D eigenvalue weighted by molar-refractivity contribution is 5.76. The molecule has 0 radical (unpaired) electrons. The number of rotatable bonds is 16. The zero-order chi connectivity index (χ0) is 17.0. The fourth-order valence-electron chi connectivity index (χ4n) is 2.57. The van der Waals surface area contributed by atoms with Crippen LogP contribution in [0.4, 0.5) is 0 Å². The molecule has 0 saturated heterocycles. The normalized spacial score (nSPS) is 11.5. The van der Waals surface area contributed by atoms with E-state index in [9.17, 15) is 4.79 Å². The lowest BCUT2D eigenvalue weighted by molar-refractivity contribution is -0.120. The van der Waals surface area contributed by atoms with Gasteiger partial charge in [-0.1, -0.05) is 70.4 Å². The number of nitrogens with two attached hydrogens (primary N) is 1. The van der Waals surface area contributed by atoms with Crippen LogP contribution in [-0.2, 0) is 4.79 Å². The first-order valence-electron chi connectivity index (χ1n) is 9.62. The van der Waals surface area contributed by atoms with Crippen molar-refractivity contribution < 1.29 is 4.79 Å². The van der Waals surface area contributed by atoms with E-state index in [1.165, 1.54) is 83.0 Å². The average Bonchev–Trinajstić information content (AvgIpc) is 2.56. The SMILES string of the molecule is CCCCCCCC/C=C\CCCCCCCC(=O)N/C=C\N. The third kappa shape index (κ3) is 18.7. The van der Waals surface area contributed by atoms with Crippen LogP contribution in [-0.4, -0.2) is 5.91 Å². The summed E-state index contributed by atoms with van der Waals surface area (Å²) in [5, 5.41) is 2.63. The highest BCUT2D eigenvalue weighted by Gasteiger charge is 1.97. The third-order valence-corrected chi connectivity index (χ3v) is 4.01. The Morgan fingerprint density at radius 2 is 1.35 bits per heavy atom. The molecule has 3 nitrogen and oxygen atoms in total. The van der Waals surface area contributed by atoms with E-state index in [4.69, 9.17) is 5.73 Å². The van der Waals surface area contributed by atoms with Gasteiger partial charge in [0.05, 0.1) is 0 Å². The molecule has 0 fully saturated rings. The summed E-state index contributed by atoms with van der Waals surface area (Å²) >= 11 is 0. The first-order valence-corrected chi connectivity index (χ1v) is 9.62. The monoisotopic (exact) mass is 322 g/mol. The minimum Gasteiger partial charge on any atom is -0.403 e. The molecule has 0 unspecified atom stereocenters. The molecule has 0 aliphatic rings. The molecule has 0 aliphatic carbocycles. The minimum absolute atomic E-state index is 0.0596. The molecule has 3 heteroatoms. The molecule has 3 N–H and O–H groups in total. The molecule has 0 saturated carbocycles. The van der Waals surface area contributed by atoms with Gasteiger partial charge in [0.1, 0.15) is 0 Å². The molecular formula is C20H38N2O. The van der Waals surface area contributed by atoms with E-state index in [-0.39, 0.29) is 5.91 Å². The molecular weight excluding hydrogens is 284 g/mol. The third-order valence-electron chi connectivity index (χ3n) is 4.01. The van der Waals surface area contributed by atoms with Crippen LogP contribution in [0.3, 0.4) is 0 Å². The van der Waals surface area contributed by atoms with Gasteiger partial charge in [-0.3, -0.25) is 4.79 Å². The number of allylic oxidation sites excluding steroid dienone is 2. The van der Waals surface area contributed by atoms with Crippen molar-refractivity contribution in [3.63, 3.8) is 0 Å². The minimum atomic E-state index is 0.0596. The van der Waals surface area contributed by atoms with Crippen molar-refractivity contribution in [2.75, 3.05) is 0 Å². The van der Waals surface area contributed by atoms with Crippen LogP contribution in [0.25, 0.3) is 0 Å². The Hall–Kier alpha value is -1.25. The van der Waals surface area contributed by atoms with Crippen LogP contribution in [0.2, 0.25) is 0 Å². The van der Waals surface area contributed by atoms with E-state index < -0.39 is 0 Å². The molecule has 0 aliphatic heterocycles. The second-order valence-electron chi connectivity index (χ2n) is 6.26. The van der Waals surface area contributed by atoms with Crippen LogP contribution in [0, 0.1) is 0 Å². The Morgan fingerprint density at radius 3 is 1.91 bits per heavy atom. The lowest BCUT2D eigenvalue weighted by atomic mass is 10.1. The van der Waals surface area contributed by atoms with Gasteiger partial charge < -0.3 is 11.1 Å².